The van der Waals surface area contributed by atoms with E-state index in [1.165, 1.54) is 5.56 Å². The molecule has 0 saturated carbocycles. The monoisotopic (exact) mass is 290 g/mol. The maximum Gasteiger partial charge on any atom is 0.222 e. The van der Waals surface area contributed by atoms with Gasteiger partial charge in [0.05, 0.1) is 0 Å². The lowest BCUT2D eigenvalue weighted by atomic mass is 10.2. The number of fused-ring (bicyclic) bond motifs is 1. The molecule has 3 rings (SSSR count). The Hall–Kier alpha value is -1.75. The maximum atomic E-state index is 11.6. The largest absolute Gasteiger partial charge is 0.486 e. The third-order valence-electron chi connectivity index (χ3n) is 3.93. The molecule has 114 valence electrons. The summed E-state index contributed by atoms with van der Waals surface area (Å²) in [5.41, 5.74) is 1.17. The number of likely N-dealkylation sites (tertiary alicyclic amines) is 1. The lowest BCUT2D eigenvalue weighted by molar-refractivity contribution is -0.127. The Morgan fingerprint density at radius 2 is 2.10 bits per heavy atom. The van der Waals surface area contributed by atoms with Crippen LogP contribution in [0.4, 0.5) is 0 Å². The van der Waals surface area contributed by atoms with Gasteiger partial charge in [0.2, 0.25) is 5.91 Å². The van der Waals surface area contributed by atoms with Gasteiger partial charge in [-0.05, 0) is 31.0 Å². The van der Waals surface area contributed by atoms with Crippen LogP contribution in [-0.4, -0.2) is 43.2 Å². The minimum atomic E-state index is 0.278. The molecule has 1 atom stereocenters. The van der Waals surface area contributed by atoms with Crippen molar-refractivity contribution < 1.29 is 14.3 Å². The molecule has 0 bridgehead atoms. The zero-order chi connectivity index (χ0) is 14.7. The molecule has 1 aromatic carbocycles. The van der Waals surface area contributed by atoms with Crippen LogP contribution in [0.5, 0.6) is 11.5 Å². The van der Waals surface area contributed by atoms with Crippen molar-refractivity contribution in [1.29, 1.82) is 0 Å². The van der Waals surface area contributed by atoms with Crippen molar-refractivity contribution in [2.75, 3.05) is 26.3 Å². The van der Waals surface area contributed by atoms with Crippen molar-refractivity contribution in [1.82, 2.24) is 10.2 Å². The molecule has 0 aromatic heterocycles. The van der Waals surface area contributed by atoms with Crippen molar-refractivity contribution in [2.24, 2.45) is 0 Å². The second kappa shape index (κ2) is 6.35. The molecule has 2 aliphatic heterocycles. The van der Waals surface area contributed by atoms with Crippen LogP contribution in [0.1, 0.15) is 25.3 Å². The SMILES string of the molecule is CC(CN1CCCC1=O)NCc1ccc2c(c1)OCCO2. The van der Waals surface area contributed by atoms with Crippen LogP contribution in [-0.2, 0) is 11.3 Å². The average molecular weight is 290 g/mol. The molecule has 0 spiro atoms. The molecule has 0 radical (unpaired) electrons. The number of ether oxygens (including phenoxy) is 2. The summed E-state index contributed by atoms with van der Waals surface area (Å²) in [5.74, 6) is 1.92. The number of nitrogens with zero attached hydrogens (tertiary/aromatic N) is 1. The van der Waals surface area contributed by atoms with Gasteiger partial charge in [0.25, 0.3) is 0 Å². The number of amides is 1. The fourth-order valence-corrected chi connectivity index (χ4v) is 2.78. The van der Waals surface area contributed by atoms with Gasteiger partial charge in [-0.25, -0.2) is 0 Å². The molecule has 21 heavy (non-hydrogen) atoms. The van der Waals surface area contributed by atoms with Gasteiger partial charge in [-0.2, -0.15) is 0 Å². The highest BCUT2D eigenvalue weighted by molar-refractivity contribution is 5.78. The Morgan fingerprint density at radius 3 is 2.86 bits per heavy atom. The second-order valence-electron chi connectivity index (χ2n) is 5.70. The molecular weight excluding hydrogens is 268 g/mol. The number of hydrogen-bond donors (Lipinski definition) is 1. The standard InChI is InChI=1S/C16H22N2O3/c1-12(11-18-6-2-3-16(18)19)17-10-13-4-5-14-15(9-13)21-8-7-20-14/h4-5,9,12,17H,2-3,6-8,10-11H2,1H3. The van der Waals surface area contributed by atoms with Gasteiger partial charge in [-0.3, -0.25) is 4.79 Å². The highest BCUT2D eigenvalue weighted by Gasteiger charge is 2.21. The van der Waals surface area contributed by atoms with Gasteiger partial charge in [0.1, 0.15) is 13.2 Å². The van der Waals surface area contributed by atoms with Crippen molar-refractivity contribution in [3.8, 4) is 11.5 Å². The fourth-order valence-electron chi connectivity index (χ4n) is 2.78. The molecule has 1 amide bonds. The molecule has 5 heteroatoms. The van der Waals surface area contributed by atoms with Gasteiger partial charge in [-0.15, -0.1) is 0 Å². The lowest BCUT2D eigenvalue weighted by Gasteiger charge is -2.22. The second-order valence-corrected chi connectivity index (χ2v) is 5.70. The van der Waals surface area contributed by atoms with Crippen LogP contribution in [0.15, 0.2) is 18.2 Å². The van der Waals surface area contributed by atoms with E-state index in [1.807, 2.05) is 23.1 Å². The molecule has 0 aliphatic carbocycles. The Kier molecular flexibility index (Phi) is 4.29. The normalized spacial score (nSPS) is 18.9. The van der Waals surface area contributed by atoms with Crippen molar-refractivity contribution >= 4 is 5.91 Å². The first-order valence-electron chi connectivity index (χ1n) is 7.62. The van der Waals surface area contributed by atoms with Gasteiger partial charge in [0.15, 0.2) is 11.5 Å². The molecular formula is C16H22N2O3. The summed E-state index contributed by atoms with van der Waals surface area (Å²) in [7, 11) is 0. The Bertz CT molecular complexity index is 518. The quantitative estimate of drug-likeness (QED) is 0.894. The molecule has 1 unspecified atom stereocenters. The van der Waals surface area contributed by atoms with Crippen LogP contribution in [0, 0.1) is 0 Å². The van der Waals surface area contributed by atoms with Crippen LogP contribution in [0.3, 0.4) is 0 Å². The Morgan fingerprint density at radius 1 is 1.29 bits per heavy atom. The van der Waals surface area contributed by atoms with Crippen molar-refractivity contribution in [3.05, 3.63) is 23.8 Å². The molecule has 5 nitrogen and oxygen atoms in total. The first-order valence-corrected chi connectivity index (χ1v) is 7.62. The van der Waals surface area contributed by atoms with Gasteiger partial charge >= 0.3 is 0 Å². The van der Waals surface area contributed by atoms with Crippen LogP contribution >= 0.6 is 0 Å². The highest BCUT2D eigenvalue weighted by atomic mass is 16.6. The zero-order valence-electron chi connectivity index (χ0n) is 12.4. The van der Waals surface area contributed by atoms with E-state index in [2.05, 4.69) is 12.2 Å². The summed E-state index contributed by atoms with van der Waals surface area (Å²) in [6.45, 7) is 5.78. The van der Waals surface area contributed by atoms with Crippen LogP contribution < -0.4 is 14.8 Å². The molecule has 2 aliphatic rings. The van der Waals surface area contributed by atoms with E-state index in [-0.39, 0.29) is 11.9 Å². The molecule has 1 saturated heterocycles. The van der Waals surface area contributed by atoms with Crippen molar-refractivity contribution in [2.45, 2.75) is 32.4 Å². The number of nitrogens with one attached hydrogen (secondary N) is 1. The third kappa shape index (κ3) is 3.47. The summed E-state index contributed by atoms with van der Waals surface area (Å²) in [6.07, 6.45) is 1.70. The van der Waals surface area contributed by atoms with Gasteiger partial charge in [-0.1, -0.05) is 6.07 Å². The number of carbonyl (C=O) groups is 1. The summed E-state index contributed by atoms with van der Waals surface area (Å²) < 4.78 is 11.1. The summed E-state index contributed by atoms with van der Waals surface area (Å²) in [5, 5.41) is 3.46. The van der Waals surface area contributed by atoms with Crippen LogP contribution in [0.2, 0.25) is 0 Å². The third-order valence-corrected chi connectivity index (χ3v) is 3.93. The smallest absolute Gasteiger partial charge is 0.222 e. The minimum Gasteiger partial charge on any atom is -0.486 e. The van der Waals surface area contributed by atoms with E-state index in [1.54, 1.807) is 0 Å². The van der Waals surface area contributed by atoms with E-state index < -0.39 is 0 Å². The summed E-state index contributed by atoms with van der Waals surface area (Å²) >= 11 is 0. The first-order chi connectivity index (χ1) is 10.2. The van der Waals surface area contributed by atoms with E-state index in [0.29, 0.717) is 19.6 Å². The number of carbonyl (C=O) groups excluding carboxylic acids is 1. The number of hydrogen-bond acceptors (Lipinski definition) is 4. The first kappa shape index (κ1) is 14.2. The molecule has 2 heterocycles. The van der Waals surface area contributed by atoms with E-state index in [4.69, 9.17) is 9.47 Å². The van der Waals surface area contributed by atoms with E-state index in [9.17, 15) is 4.79 Å². The predicted octanol–water partition coefficient (Wildman–Crippen LogP) is 1.56. The topological polar surface area (TPSA) is 50.8 Å². The lowest BCUT2D eigenvalue weighted by Crippen LogP contribution is -2.39. The average Bonchev–Trinajstić information content (AvgIpc) is 2.90. The van der Waals surface area contributed by atoms with E-state index in [0.717, 1.165) is 37.6 Å². The Balaban J connectivity index is 1.51. The zero-order valence-corrected chi connectivity index (χ0v) is 12.4. The molecule has 1 fully saturated rings. The Labute approximate surface area is 125 Å². The van der Waals surface area contributed by atoms with Crippen molar-refractivity contribution in [3.63, 3.8) is 0 Å². The summed E-state index contributed by atoms with van der Waals surface area (Å²) in [4.78, 5) is 13.6. The highest BCUT2D eigenvalue weighted by Crippen LogP contribution is 2.30. The summed E-state index contributed by atoms with van der Waals surface area (Å²) in [6, 6.07) is 6.31. The number of benzene rings is 1. The number of rotatable bonds is 5. The van der Waals surface area contributed by atoms with Gasteiger partial charge < -0.3 is 19.7 Å². The maximum absolute atomic E-state index is 11.6. The van der Waals surface area contributed by atoms with Crippen LogP contribution in [0.25, 0.3) is 0 Å². The van der Waals surface area contributed by atoms with Gasteiger partial charge in [0, 0.05) is 32.1 Å². The molecule has 1 N–H and O–H groups in total. The fraction of sp³-hybridized carbons (Fsp3) is 0.562. The molecule has 1 aromatic rings. The van der Waals surface area contributed by atoms with E-state index >= 15 is 0 Å². The predicted molar refractivity (Wildman–Crippen MR) is 79.5 cm³/mol. The minimum absolute atomic E-state index is 0.278.